The van der Waals surface area contributed by atoms with Gasteiger partial charge in [-0.1, -0.05) is 12.1 Å². The molecule has 0 bridgehead atoms. The number of fused-ring (bicyclic) bond motifs is 1. The van der Waals surface area contributed by atoms with E-state index in [1.807, 2.05) is 19.1 Å². The highest BCUT2D eigenvalue weighted by molar-refractivity contribution is 5.70. The van der Waals surface area contributed by atoms with Gasteiger partial charge in [-0.3, -0.25) is 0 Å². The van der Waals surface area contributed by atoms with E-state index in [1.165, 1.54) is 5.69 Å². The molecule has 100 valence electrons. The van der Waals surface area contributed by atoms with Crippen LogP contribution in [-0.4, -0.2) is 44.1 Å². The molecule has 0 aliphatic carbocycles. The highest BCUT2D eigenvalue weighted by Crippen LogP contribution is 2.27. The molecule has 4 nitrogen and oxygen atoms in total. The lowest BCUT2D eigenvalue weighted by atomic mass is 10.2. The molecule has 0 fully saturated rings. The number of rotatable bonds is 5. The van der Waals surface area contributed by atoms with Crippen LogP contribution in [0.25, 0.3) is 0 Å². The minimum Gasteiger partial charge on any atom is -0.389 e. The number of benzene rings is 1. The van der Waals surface area contributed by atoms with Gasteiger partial charge >= 0.3 is 0 Å². The first-order valence-electron chi connectivity index (χ1n) is 6.65. The average Bonchev–Trinajstić information content (AvgIpc) is 2.59. The van der Waals surface area contributed by atoms with Crippen molar-refractivity contribution in [2.24, 2.45) is 0 Å². The van der Waals surface area contributed by atoms with Crippen molar-refractivity contribution in [1.29, 1.82) is 0 Å². The summed E-state index contributed by atoms with van der Waals surface area (Å²) in [5.41, 5.74) is 2.32. The molecule has 2 N–H and O–H groups in total. The van der Waals surface area contributed by atoms with Crippen LogP contribution in [0.15, 0.2) is 24.3 Å². The Balaban J connectivity index is 2.03. The number of para-hydroxylation sites is 2. The Morgan fingerprint density at radius 3 is 3.11 bits per heavy atom. The highest BCUT2D eigenvalue weighted by atomic mass is 16.5. The van der Waals surface area contributed by atoms with E-state index in [2.05, 4.69) is 22.3 Å². The Bertz CT molecular complexity index is 371. The van der Waals surface area contributed by atoms with Crippen LogP contribution < -0.4 is 10.2 Å². The Morgan fingerprint density at radius 1 is 1.44 bits per heavy atom. The number of aliphatic hydroxyl groups excluding tert-OH is 1. The number of anilines is 2. The summed E-state index contributed by atoms with van der Waals surface area (Å²) >= 11 is 0. The average molecular weight is 250 g/mol. The van der Waals surface area contributed by atoms with Crippen LogP contribution >= 0.6 is 0 Å². The first kappa shape index (κ1) is 13.2. The number of β-amino-alcohol motifs (C(OH)–C–C–N with tert-alkyl or cyclic N) is 1. The first-order valence-corrected chi connectivity index (χ1v) is 6.65. The third-order valence-electron chi connectivity index (χ3n) is 3.11. The summed E-state index contributed by atoms with van der Waals surface area (Å²) in [5.74, 6) is 0. The number of aliphatic hydroxyl groups is 1. The lowest BCUT2D eigenvalue weighted by molar-refractivity contribution is 0.0464. The van der Waals surface area contributed by atoms with Gasteiger partial charge < -0.3 is 20.1 Å². The molecule has 18 heavy (non-hydrogen) atoms. The first-order chi connectivity index (χ1) is 8.81. The summed E-state index contributed by atoms with van der Waals surface area (Å²) in [6.07, 6.45) is 0.645. The van der Waals surface area contributed by atoms with Gasteiger partial charge in [0.05, 0.1) is 24.1 Å². The fraction of sp³-hybridized carbons (Fsp3) is 0.571. The Hall–Kier alpha value is -1.26. The van der Waals surface area contributed by atoms with Crippen molar-refractivity contribution in [3.05, 3.63) is 24.3 Å². The Kier molecular flexibility index (Phi) is 4.84. The summed E-state index contributed by atoms with van der Waals surface area (Å²) in [7, 11) is 0. The van der Waals surface area contributed by atoms with E-state index in [0.29, 0.717) is 19.8 Å². The van der Waals surface area contributed by atoms with Crippen molar-refractivity contribution in [2.45, 2.75) is 19.4 Å². The van der Waals surface area contributed by atoms with Crippen molar-refractivity contribution in [3.63, 3.8) is 0 Å². The van der Waals surface area contributed by atoms with Gasteiger partial charge in [0.2, 0.25) is 0 Å². The lowest BCUT2D eigenvalue weighted by Gasteiger charge is -2.26. The zero-order valence-electron chi connectivity index (χ0n) is 10.9. The van der Waals surface area contributed by atoms with Gasteiger partial charge in [0.1, 0.15) is 0 Å². The van der Waals surface area contributed by atoms with Crippen molar-refractivity contribution >= 4 is 11.4 Å². The van der Waals surface area contributed by atoms with E-state index < -0.39 is 6.10 Å². The zero-order valence-corrected chi connectivity index (χ0v) is 10.9. The van der Waals surface area contributed by atoms with Crippen molar-refractivity contribution in [2.75, 3.05) is 43.1 Å². The number of ether oxygens (including phenoxy) is 1. The van der Waals surface area contributed by atoms with Crippen LogP contribution in [0.5, 0.6) is 0 Å². The molecule has 1 aliphatic rings. The van der Waals surface area contributed by atoms with Gasteiger partial charge in [-0.15, -0.1) is 0 Å². The maximum Gasteiger partial charge on any atom is 0.0948 e. The van der Waals surface area contributed by atoms with Crippen molar-refractivity contribution in [1.82, 2.24) is 0 Å². The summed E-state index contributed by atoms with van der Waals surface area (Å²) < 4.78 is 5.26. The van der Waals surface area contributed by atoms with E-state index >= 15 is 0 Å². The Morgan fingerprint density at radius 2 is 2.28 bits per heavy atom. The lowest BCUT2D eigenvalue weighted by Crippen LogP contribution is -2.35. The fourth-order valence-corrected chi connectivity index (χ4v) is 2.26. The smallest absolute Gasteiger partial charge is 0.0948 e. The molecule has 0 radical (unpaired) electrons. The summed E-state index contributed by atoms with van der Waals surface area (Å²) in [6.45, 7) is 5.57. The summed E-state index contributed by atoms with van der Waals surface area (Å²) in [6, 6.07) is 8.25. The largest absolute Gasteiger partial charge is 0.389 e. The van der Waals surface area contributed by atoms with Crippen LogP contribution in [0.2, 0.25) is 0 Å². The van der Waals surface area contributed by atoms with E-state index in [1.54, 1.807) is 0 Å². The second-order valence-electron chi connectivity index (χ2n) is 4.56. The SMILES string of the molecule is CCOCC(O)CN1CCCNc2ccccc21. The molecule has 0 saturated carbocycles. The minimum atomic E-state index is -0.434. The van der Waals surface area contributed by atoms with E-state index in [0.717, 1.165) is 25.2 Å². The van der Waals surface area contributed by atoms with Gasteiger partial charge in [0.25, 0.3) is 0 Å². The van der Waals surface area contributed by atoms with E-state index in [-0.39, 0.29) is 0 Å². The number of hydrogen-bond donors (Lipinski definition) is 2. The Labute approximate surface area is 109 Å². The predicted octanol–water partition coefficient (Wildman–Crippen LogP) is 1.71. The van der Waals surface area contributed by atoms with Crippen LogP contribution in [0.1, 0.15) is 13.3 Å². The summed E-state index contributed by atoms with van der Waals surface area (Å²) in [5, 5.41) is 13.4. The van der Waals surface area contributed by atoms with E-state index in [4.69, 9.17) is 4.74 Å². The zero-order chi connectivity index (χ0) is 12.8. The van der Waals surface area contributed by atoms with Crippen molar-refractivity contribution < 1.29 is 9.84 Å². The van der Waals surface area contributed by atoms with Crippen LogP contribution in [0, 0.1) is 0 Å². The van der Waals surface area contributed by atoms with Gasteiger partial charge in [0.15, 0.2) is 0 Å². The molecule has 2 rings (SSSR count). The third-order valence-corrected chi connectivity index (χ3v) is 3.11. The molecular weight excluding hydrogens is 228 g/mol. The maximum atomic E-state index is 9.96. The van der Waals surface area contributed by atoms with Gasteiger partial charge in [-0.2, -0.15) is 0 Å². The minimum absolute atomic E-state index is 0.405. The molecule has 0 saturated heterocycles. The molecule has 1 aromatic rings. The summed E-state index contributed by atoms with van der Waals surface area (Å²) in [4.78, 5) is 2.24. The quantitative estimate of drug-likeness (QED) is 0.835. The van der Waals surface area contributed by atoms with Crippen LogP contribution in [0.3, 0.4) is 0 Å². The molecule has 1 atom stereocenters. The normalized spacial score (nSPS) is 16.7. The third kappa shape index (κ3) is 3.37. The van der Waals surface area contributed by atoms with Gasteiger partial charge in [-0.25, -0.2) is 0 Å². The van der Waals surface area contributed by atoms with Gasteiger partial charge in [-0.05, 0) is 25.5 Å². The fourth-order valence-electron chi connectivity index (χ4n) is 2.26. The molecule has 1 heterocycles. The second kappa shape index (κ2) is 6.61. The molecular formula is C14H22N2O2. The molecule has 4 heteroatoms. The molecule has 0 spiro atoms. The standard InChI is InChI=1S/C14H22N2O2/c1-2-18-11-12(17)10-16-9-5-8-15-13-6-3-4-7-14(13)16/h3-4,6-7,12,15,17H,2,5,8-11H2,1H3. The molecule has 0 aromatic heterocycles. The predicted molar refractivity (Wildman–Crippen MR) is 74.3 cm³/mol. The number of nitrogens with one attached hydrogen (secondary N) is 1. The molecule has 0 amide bonds. The monoisotopic (exact) mass is 250 g/mol. The van der Waals surface area contributed by atoms with Crippen LogP contribution in [0.4, 0.5) is 11.4 Å². The number of hydrogen-bond acceptors (Lipinski definition) is 4. The van der Waals surface area contributed by atoms with Gasteiger partial charge in [0, 0.05) is 26.2 Å². The maximum absolute atomic E-state index is 9.96. The molecule has 1 aromatic carbocycles. The number of nitrogens with zero attached hydrogens (tertiary/aromatic N) is 1. The van der Waals surface area contributed by atoms with Crippen molar-refractivity contribution in [3.8, 4) is 0 Å². The van der Waals surface area contributed by atoms with Crippen LogP contribution in [-0.2, 0) is 4.74 Å². The molecule has 1 unspecified atom stereocenters. The highest BCUT2D eigenvalue weighted by Gasteiger charge is 2.17. The molecule has 1 aliphatic heterocycles. The second-order valence-corrected chi connectivity index (χ2v) is 4.56. The topological polar surface area (TPSA) is 44.7 Å². The van der Waals surface area contributed by atoms with E-state index in [9.17, 15) is 5.11 Å².